The lowest BCUT2D eigenvalue weighted by atomic mass is 10.1. The van der Waals surface area contributed by atoms with Crippen molar-refractivity contribution >= 4 is 0 Å². The first kappa shape index (κ1) is 12.6. The minimum atomic E-state index is 0.000681. The summed E-state index contributed by atoms with van der Waals surface area (Å²) in [5.41, 5.74) is 2.50. The first-order valence-electron chi connectivity index (χ1n) is 6.34. The highest BCUT2D eigenvalue weighted by molar-refractivity contribution is 5.21. The Morgan fingerprint density at radius 2 is 2.00 bits per heavy atom. The molecule has 1 aromatic rings. The summed E-state index contributed by atoms with van der Waals surface area (Å²) in [5.74, 6) is 0. The van der Waals surface area contributed by atoms with Gasteiger partial charge < -0.3 is 14.8 Å². The Balaban J connectivity index is 1.77. The fraction of sp³-hybridized carbons (Fsp3) is 0.571. The van der Waals surface area contributed by atoms with Gasteiger partial charge in [0.15, 0.2) is 6.29 Å². The molecule has 3 nitrogen and oxygen atoms in total. The molecule has 1 unspecified atom stereocenters. The van der Waals surface area contributed by atoms with Crippen LogP contribution < -0.4 is 5.32 Å². The van der Waals surface area contributed by atoms with E-state index >= 15 is 0 Å². The van der Waals surface area contributed by atoms with E-state index in [-0.39, 0.29) is 6.29 Å². The summed E-state index contributed by atoms with van der Waals surface area (Å²) < 4.78 is 11.3. The number of rotatable bonds is 5. The van der Waals surface area contributed by atoms with E-state index in [9.17, 15) is 0 Å². The molecule has 1 fully saturated rings. The first-order valence-corrected chi connectivity index (χ1v) is 6.34. The Morgan fingerprint density at radius 1 is 1.24 bits per heavy atom. The number of hydrogen-bond acceptors (Lipinski definition) is 3. The molecule has 1 aliphatic heterocycles. The summed E-state index contributed by atoms with van der Waals surface area (Å²) in [7, 11) is 1.96. The number of benzene rings is 1. The zero-order chi connectivity index (χ0) is 11.9. The van der Waals surface area contributed by atoms with Gasteiger partial charge in [0.1, 0.15) is 0 Å². The number of ether oxygens (including phenoxy) is 2. The normalized spacial score (nSPS) is 20.4. The SMILES string of the molecule is CNCc1ccc(COC2CCCCO2)cc1. The van der Waals surface area contributed by atoms with Gasteiger partial charge in [-0.25, -0.2) is 0 Å². The Morgan fingerprint density at radius 3 is 2.65 bits per heavy atom. The third kappa shape index (κ3) is 4.11. The average Bonchev–Trinajstić information content (AvgIpc) is 2.40. The molecule has 0 saturated carbocycles. The van der Waals surface area contributed by atoms with Crippen molar-refractivity contribution in [3.05, 3.63) is 35.4 Å². The maximum absolute atomic E-state index is 5.73. The molecule has 0 spiro atoms. The summed E-state index contributed by atoms with van der Waals surface area (Å²) >= 11 is 0. The Hall–Kier alpha value is -0.900. The molecule has 2 rings (SSSR count). The van der Waals surface area contributed by atoms with Gasteiger partial charge in [0.2, 0.25) is 0 Å². The van der Waals surface area contributed by atoms with Crippen molar-refractivity contribution in [2.45, 2.75) is 38.7 Å². The van der Waals surface area contributed by atoms with E-state index in [0.717, 1.165) is 19.6 Å². The molecule has 1 N–H and O–H groups in total. The van der Waals surface area contributed by atoms with Gasteiger partial charge in [-0.2, -0.15) is 0 Å². The highest BCUT2D eigenvalue weighted by Crippen LogP contribution is 2.15. The smallest absolute Gasteiger partial charge is 0.158 e. The zero-order valence-corrected chi connectivity index (χ0v) is 10.4. The number of nitrogens with one attached hydrogen (secondary N) is 1. The topological polar surface area (TPSA) is 30.5 Å². The van der Waals surface area contributed by atoms with Crippen LogP contribution >= 0.6 is 0 Å². The van der Waals surface area contributed by atoms with Crippen molar-refractivity contribution in [3.63, 3.8) is 0 Å². The molecule has 3 heteroatoms. The standard InChI is InChI=1S/C14H21NO2/c1-15-10-12-5-7-13(8-6-12)11-17-14-4-2-3-9-16-14/h5-8,14-15H,2-4,9-11H2,1H3. The Labute approximate surface area is 103 Å². The number of hydrogen-bond donors (Lipinski definition) is 1. The molecule has 0 aromatic heterocycles. The Bertz CT molecular complexity index is 317. The van der Waals surface area contributed by atoms with E-state index in [1.165, 1.54) is 24.0 Å². The van der Waals surface area contributed by atoms with Crippen LogP contribution in [0.1, 0.15) is 30.4 Å². The van der Waals surface area contributed by atoms with E-state index < -0.39 is 0 Å². The van der Waals surface area contributed by atoms with Crippen molar-refractivity contribution in [1.82, 2.24) is 5.32 Å². The van der Waals surface area contributed by atoms with Crippen LogP contribution in [0.15, 0.2) is 24.3 Å². The van der Waals surface area contributed by atoms with Crippen molar-refractivity contribution < 1.29 is 9.47 Å². The van der Waals surface area contributed by atoms with E-state index in [1.54, 1.807) is 0 Å². The molecule has 0 amide bonds. The van der Waals surface area contributed by atoms with Crippen molar-refractivity contribution in [2.75, 3.05) is 13.7 Å². The molecule has 1 atom stereocenters. The van der Waals surface area contributed by atoms with Crippen LogP contribution in [-0.4, -0.2) is 19.9 Å². The molecule has 94 valence electrons. The van der Waals surface area contributed by atoms with Crippen molar-refractivity contribution in [1.29, 1.82) is 0 Å². The van der Waals surface area contributed by atoms with Crippen LogP contribution in [-0.2, 0) is 22.6 Å². The average molecular weight is 235 g/mol. The summed E-state index contributed by atoms with van der Waals surface area (Å²) in [6.07, 6.45) is 3.41. The molecule has 0 aliphatic carbocycles. The van der Waals surface area contributed by atoms with E-state index in [4.69, 9.17) is 9.47 Å². The molecule has 1 aliphatic rings. The molecule has 1 aromatic carbocycles. The monoisotopic (exact) mass is 235 g/mol. The van der Waals surface area contributed by atoms with Crippen LogP contribution in [0, 0.1) is 0 Å². The third-order valence-electron chi connectivity index (χ3n) is 2.98. The maximum atomic E-state index is 5.73. The fourth-order valence-electron chi connectivity index (χ4n) is 1.99. The first-order chi connectivity index (χ1) is 8.38. The molecule has 1 saturated heterocycles. The molecule has 1 heterocycles. The van der Waals surface area contributed by atoms with Gasteiger partial charge in [-0.1, -0.05) is 24.3 Å². The van der Waals surface area contributed by atoms with Crippen LogP contribution in [0.3, 0.4) is 0 Å². The summed E-state index contributed by atoms with van der Waals surface area (Å²) in [6.45, 7) is 2.39. The molecule has 0 radical (unpaired) electrons. The predicted molar refractivity (Wildman–Crippen MR) is 67.6 cm³/mol. The summed E-state index contributed by atoms with van der Waals surface area (Å²) in [6, 6.07) is 8.51. The Kier molecular flexibility index (Phi) is 4.98. The van der Waals surface area contributed by atoms with Crippen LogP contribution in [0.2, 0.25) is 0 Å². The molecular weight excluding hydrogens is 214 g/mol. The predicted octanol–water partition coefficient (Wildman–Crippen LogP) is 2.45. The van der Waals surface area contributed by atoms with Crippen molar-refractivity contribution in [3.8, 4) is 0 Å². The van der Waals surface area contributed by atoms with Gasteiger partial charge in [0.25, 0.3) is 0 Å². The molecule has 0 bridgehead atoms. The second kappa shape index (κ2) is 6.74. The zero-order valence-electron chi connectivity index (χ0n) is 10.4. The quantitative estimate of drug-likeness (QED) is 0.850. The molecule has 17 heavy (non-hydrogen) atoms. The molecular formula is C14H21NO2. The van der Waals surface area contributed by atoms with E-state index in [1.807, 2.05) is 7.05 Å². The highest BCUT2D eigenvalue weighted by atomic mass is 16.7. The van der Waals surface area contributed by atoms with E-state index in [0.29, 0.717) is 6.61 Å². The van der Waals surface area contributed by atoms with Crippen molar-refractivity contribution in [2.24, 2.45) is 0 Å². The second-order valence-electron chi connectivity index (χ2n) is 4.45. The second-order valence-corrected chi connectivity index (χ2v) is 4.45. The van der Waals surface area contributed by atoms with Gasteiger partial charge in [-0.05, 0) is 37.4 Å². The lowest BCUT2D eigenvalue weighted by Crippen LogP contribution is -2.21. The van der Waals surface area contributed by atoms with E-state index in [2.05, 4.69) is 29.6 Å². The largest absolute Gasteiger partial charge is 0.353 e. The fourth-order valence-corrected chi connectivity index (χ4v) is 1.99. The summed E-state index contributed by atoms with van der Waals surface area (Å²) in [5, 5.41) is 3.14. The van der Waals surface area contributed by atoms with Gasteiger partial charge in [0, 0.05) is 13.2 Å². The lowest BCUT2D eigenvalue weighted by Gasteiger charge is -2.22. The maximum Gasteiger partial charge on any atom is 0.158 e. The third-order valence-corrected chi connectivity index (χ3v) is 2.98. The van der Waals surface area contributed by atoms with Gasteiger partial charge in [0.05, 0.1) is 6.61 Å². The lowest BCUT2D eigenvalue weighted by molar-refractivity contribution is -0.168. The van der Waals surface area contributed by atoms with Gasteiger partial charge in [-0.15, -0.1) is 0 Å². The van der Waals surface area contributed by atoms with Crippen LogP contribution in [0.5, 0.6) is 0 Å². The minimum absolute atomic E-state index is 0.000681. The van der Waals surface area contributed by atoms with Crippen LogP contribution in [0.4, 0.5) is 0 Å². The van der Waals surface area contributed by atoms with Gasteiger partial charge in [-0.3, -0.25) is 0 Å². The summed E-state index contributed by atoms with van der Waals surface area (Å²) in [4.78, 5) is 0. The minimum Gasteiger partial charge on any atom is -0.353 e. The highest BCUT2D eigenvalue weighted by Gasteiger charge is 2.13. The van der Waals surface area contributed by atoms with Gasteiger partial charge >= 0.3 is 0 Å². The van der Waals surface area contributed by atoms with Crippen LogP contribution in [0.25, 0.3) is 0 Å².